The third-order valence-electron chi connectivity index (χ3n) is 5.31. The summed E-state index contributed by atoms with van der Waals surface area (Å²) in [6.07, 6.45) is 13.8. The van der Waals surface area contributed by atoms with Crippen LogP contribution in [-0.2, 0) is 4.74 Å². The zero-order valence-corrected chi connectivity index (χ0v) is 11.1. The van der Waals surface area contributed by atoms with Gasteiger partial charge in [0.2, 0.25) is 0 Å². The second kappa shape index (κ2) is 4.89. The van der Waals surface area contributed by atoms with E-state index in [4.69, 9.17) is 4.74 Å². The van der Waals surface area contributed by atoms with Crippen molar-refractivity contribution in [3.05, 3.63) is 0 Å². The van der Waals surface area contributed by atoms with Crippen molar-refractivity contribution in [3.8, 4) is 0 Å². The van der Waals surface area contributed by atoms with Crippen molar-refractivity contribution in [3.63, 3.8) is 0 Å². The minimum Gasteiger partial charge on any atom is -0.373 e. The lowest BCUT2D eigenvalue weighted by Crippen LogP contribution is -2.42. The second-order valence-corrected chi connectivity index (χ2v) is 6.70. The first-order chi connectivity index (χ1) is 8.33. The van der Waals surface area contributed by atoms with Gasteiger partial charge in [0.05, 0.1) is 12.2 Å². The Hall–Kier alpha value is -0.0800. The van der Waals surface area contributed by atoms with E-state index in [0.717, 1.165) is 13.2 Å². The van der Waals surface area contributed by atoms with Gasteiger partial charge in [-0.1, -0.05) is 38.5 Å². The van der Waals surface area contributed by atoms with Crippen molar-refractivity contribution in [1.29, 1.82) is 0 Å². The molecule has 0 aromatic rings. The highest BCUT2D eigenvalue weighted by molar-refractivity contribution is 4.94. The molecule has 1 N–H and O–H groups in total. The molecule has 1 aliphatic heterocycles. The molecule has 0 amide bonds. The Labute approximate surface area is 105 Å². The zero-order valence-electron chi connectivity index (χ0n) is 11.1. The van der Waals surface area contributed by atoms with Crippen LogP contribution >= 0.6 is 0 Å². The van der Waals surface area contributed by atoms with Crippen molar-refractivity contribution in [2.24, 2.45) is 5.41 Å². The van der Waals surface area contributed by atoms with Gasteiger partial charge < -0.3 is 10.1 Å². The fourth-order valence-electron chi connectivity index (χ4n) is 4.10. The molecule has 1 heterocycles. The monoisotopic (exact) mass is 237 g/mol. The van der Waals surface area contributed by atoms with Gasteiger partial charge in [-0.2, -0.15) is 0 Å². The van der Waals surface area contributed by atoms with Gasteiger partial charge in [-0.3, -0.25) is 0 Å². The summed E-state index contributed by atoms with van der Waals surface area (Å²) in [7, 11) is 0. The van der Waals surface area contributed by atoms with Crippen molar-refractivity contribution in [1.82, 2.24) is 5.32 Å². The van der Waals surface area contributed by atoms with Crippen LogP contribution < -0.4 is 5.32 Å². The van der Waals surface area contributed by atoms with Gasteiger partial charge in [-0.25, -0.2) is 0 Å². The molecule has 0 aromatic heterocycles. The van der Waals surface area contributed by atoms with Crippen LogP contribution in [0.2, 0.25) is 0 Å². The molecule has 3 aliphatic rings. The van der Waals surface area contributed by atoms with Crippen LogP contribution in [0, 0.1) is 5.41 Å². The average molecular weight is 237 g/mol. The summed E-state index contributed by atoms with van der Waals surface area (Å²) in [6, 6.07) is 0. The number of hydrogen-bond donors (Lipinski definition) is 1. The summed E-state index contributed by atoms with van der Waals surface area (Å²) in [5, 5.41) is 3.74. The van der Waals surface area contributed by atoms with E-state index in [1.807, 2.05) is 0 Å². The average Bonchev–Trinajstić information content (AvgIpc) is 2.54. The highest BCUT2D eigenvalue weighted by Crippen LogP contribution is 2.41. The van der Waals surface area contributed by atoms with E-state index >= 15 is 0 Å². The largest absolute Gasteiger partial charge is 0.373 e. The molecule has 0 radical (unpaired) electrons. The molecule has 0 aromatic carbocycles. The summed E-state index contributed by atoms with van der Waals surface area (Å²) < 4.78 is 6.46. The molecule has 2 heteroatoms. The molecule has 98 valence electrons. The van der Waals surface area contributed by atoms with Gasteiger partial charge in [-0.05, 0) is 25.7 Å². The first-order valence-electron chi connectivity index (χ1n) is 7.67. The van der Waals surface area contributed by atoms with E-state index in [9.17, 15) is 0 Å². The Balaban J connectivity index is 1.66. The highest BCUT2D eigenvalue weighted by Gasteiger charge is 2.41. The minimum atomic E-state index is 0.208. The lowest BCUT2D eigenvalue weighted by atomic mass is 9.74. The topological polar surface area (TPSA) is 21.3 Å². The van der Waals surface area contributed by atoms with E-state index in [2.05, 4.69) is 5.32 Å². The zero-order chi connectivity index (χ0) is 11.6. The van der Waals surface area contributed by atoms with Crippen LogP contribution in [0.1, 0.15) is 64.2 Å². The van der Waals surface area contributed by atoms with E-state index < -0.39 is 0 Å². The Morgan fingerprint density at radius 1 is 0.706 bits per heavy atom. The third-order valence-corrected chi connectivity index (χ3v) is 5.31. The summed E-state index contributed by atoms with van der Waals surface area (Å²) in [5.41, 5.74) is 0.693. The van der Waals surface area contributed by atoms with E-state index in [1.165, 1.54) is 70.8 Å². The van der Waals surface area contributed by atoms with E-state index in [1.54, 1.807) is 0 Å². The number of hydrogen-bond acceptors (Lipinski definition) is 2. The van der Waals surface area contributed by atoms with Gasteiger partial charge in [0, 0.05) is 18.5 Å². The molecular formula is C15H27NO. The van der Waals surface area contributed by atoms with Crippen molar-refractivity contribution >= 4 is 0 Å². The quantitative estimate of drug-likeness (QED) is 0.698. The van der Waals surface area contributed by atoms with E-state index in [0.29, 0.717) is 5.41 Å². The Morgan fingerprint density at radius 2 is 1.35 bits per heavy atom. The molecule has 2 aliphatic carbocycles. The molecule has 2 nitrogen and oxygen atoms in total. The van der Waals surface area contributed by atoms with Gasteiger partial charge in [-0.15, -0.1) is 0 Å². The fraction of sp³-hybridized carbons (Fsp3) is 1.00. The Kier molecular flexibility index (Phi) is 3.45. The molecule has 0 unspecified atom stereocenters. The predicted molar refractivity (Wildman–Crippen MR) is 70.2 cm³/mol. The van der Waals surface area contributed by atoms with Crippen molar-refractivity contribution in [2.45, 2.75) is 69.8 Å². The molecule has 3 fully saturated rings. The van der Waals surface area contributed by atoms with Crippen LogP contribution in [0.15, 0.2) is 0 Å². The number of ether oxygens (including phenoxy) is 1. The summed E-state index contributed by atoms with van der Waals surface area (Å²) in [6.45, 7) is 3.34. The van der Waals surface area contributed by atoms with Crippen LogP contribution in [-0.4, -0.2) is 25.3 Å². The van der Waals surface area contributed by atoms with Crippen LogP contribution in [0.3, 0.4) is 0 Å². The smallest absolute Gasteiger partial charge is 0.0806 e. The molecule has 1 saturated heterocycles. The van der Waals surface area contributed by atoms with Crippen LogP contribution in [0.5, 0.6) is 0 Å². The Morgan fingerprint density at radius 3 is 2.06 bits per heavy atom. The maximum atomic E-state index is 6.46. The lowest BCUT2D eigenvalue weighted by Gasteiger charge is -2.39. The summed E-state index contributed by atoms with van der Waals surface area (Å²) >= 11 is 0. The standard InChI is InChI=1S/C15H27NO/c1-3-7-14(8-4-1)11-16-12-15(17-13-14)9-5-2-6-10-15/h16H,1-13H2. The normalized spacial score (nSPS) is 32.5. The maximum Gasteiger partial charge on any atom is 0.0806 e. The second-order valence-electron chi connectivity index (χ2n) is 6.70. The molecule has 0 bridgehead atoms. The molecule has 17 heavy (non-hydrogen) atoms. The number of rotatable bonds is 0. The van der Waals surface area contributed by atoms with Gasteiger partial charge in [0.1, 0.15) is 0 Å². The van der Waals surface area contributed by atoms with Gasteiger partial charge >= 0.3 is 0 Å². The highest BCUT2D eigenvalue weighted by atomic mass is 16.5. The molecule has 3 rings (SSSR count). The fourth-order valence-corrected chi connectivity index (χ4v) is 4.10. The minimum absolute atomic E-state index is 0.208. The van der Waals surface area contributed by atoms with Crippen LogP contribution in [0.4, 0.5) is 0 Å². The first kappa shape index (κ1) is 12.0. The summed E-state index contributed by atoms with van der Waals surface area (Å²) in [4.78, 5) is 0. The lowest BCUT2D eigenvalue weighted by molar-refractivity contribution is -0.0891. The Bertz CT molecular complexity index is 226. The van der Waals surface area contributed by atoms with Crippen molar-refractivity contribution in [2.75, 3.05) is 19.7 Å². The van der Waals surface area contributed by atoms with Gasteiger partial charge in [0.15, 0.2) is 0 Å². The first-order valence-corrected chi connectivity index (χ1v) is 7.67. The van der Waals surface area contributed by atoms with Crippen molar-refractivity contribution < 1.29 is 4.74 Å². The maximum absolute atomic E-state index is 6.46. The van der Waals surface area contributed by atoms with Gasteiger partial charge in [0.25, 0.3) is 0 Å². The molecule has 0 atom stereocenters. The molecule has 2 spiro atoms. The number of nitrogens with one attached hydrogen (secondary N) is 1. The molecule has 2 saturated carbocycles. The summed E-state index contributed by atoms with van der Waals surface area (Å²) in [5.74, 6) is 0. The predicted octanol–water partition coefficient (Wildman–Crippen LogP) is 3.26. The van der Waals surface area contributed by atoms with E-state index in [-0.39, 0.29) is 5.60 Å². The SMILES string of the molecule is C1CCC2(CC1)CNCC1(CCCCC1)OC2. The van der Waals surface area contributed by atoms with Crippen LogP contribution in [0.25, 0.3) is 0 Å². The molecular weight excluding hydrogens is 210 g/mol. The third kappa shape index (κ3) is 2.53.